The van der Waals surface area contributed by atoms with E-state index in [9.17, 15) is 19.5 Å². The van der Waals surface area contributed by atoms with Gasteiger partial charge in [-0.25, -0.2) is 14.6 Å². The van der Waals surface area contributed by atoms with Crippen molar-refractivity contribution in [3.8, 4) is 0 Å². The molecule has 1 aliphatic heterocycles. The quantitative estimate of drug-likeness (QED) is 0.478. The van der Waals surface area contributed by atoms with Crippen molar-refractivity contribution in [2.75, 3.05) is 30.3 Å². The number of carbonyl (C=O) groups is 3. The number of amides is 2. The molecule has 5 N–H and O–H groups in total. The van der Waals surface area contributed by atoms with Gasteiger partial charge in [-0.15, -0.1) is 0 Å². The van der Waals surface area contributed by atoms with Gasteiger partial charge in [-0.3, -0.25) is 4.79 Å². The van der Waals surface area contributed by atoms with Crippen LogP contribution in [0.2, 0.25) is 0 Å². The Kier molecular flexibility index (Phi) is 8.19. The summed E-state index contributed by atoms with van der Waals surface area (Å²) >= 11 is 0. The van der Waals surface area contributed by atoms with E-state index in [1.807, 2.05) is 0 Å². The summed E-state index contributed by atoms with van der Waals surface area (Å²) in [7, 11) is 0. The number of aromatic nitrogens is 2. The molecule has 0 saturated carbocycles. The zero-order chi connectivity index (χ0) is 22.1. The van der Waals surface area contributed by atoms with E-state index in [1.54, 1.807) is 20.8 Å². The molecule has 1 aromatic rings. The van der Waals surface area contributed by atoms with Gasteiger partial charge < -0.3 is 31.1 Å². The SMILES string of the molecule is CC(C)(C)OC(=O)N[C@H]1CCCNc2nc(ncc2C(=O)O)NCCCCNC1=O. The van der Waals surface area contributed by atoms with Gasteiger partial charge in [-0.2, -0.15) is 4.98 Å². The Balaban J connectivity index is 2.09. The first-order valence-corrected chi connectivity index (χ1v) is 10.0. The first-order chi connectivity index (χ1) is 14.2. The standard InChI is InChI=1S/C19H30N6O5/c1-19(2,3)30-18(29)24-13-7-6-10-20-14-12(16(27)28)11-23-17(25-14)22-9-5-4-8-21-15(13)26/h11,13H,4-10H2,1-3H3,(H,21,26)(H,24,29)(H,27,28)(H2,20,22,23,25)/t13-/m0/s1. The van der Waals surface area contributed by atoms with Gasteiger partial charge in [0.05, 0.1) is 0 Å². The molecule has 0 saturated heterocycles. The minimum absolute atomic E-state index is 0.0361. The molecule has 0 fully saturated rings. The van der Waals surface area contributed by atoms with Crippen LogP contribution in [0.4, 0.5) is 16.6 Å². The molecule has 2 amide bonds. The van der Waals surface area contributed by atoms with E-state index < -0.39 is 23.7 Å². The van der Waals surface area contributed by atoms with E-state index in [1.165, 1.54) is 6.20 Å². The minimum atomic E-state index is -1.13. The Morgan fingerprint density at radius 3 is 2.47 bits per heavy atom. The van der Waals surface area contributed by atoms with Crippen LogP contribution in [0, 0.1) is 0 Å². The highest BCUT2D eigenvalue weighted by atomic mass is 16.6. The molecule has 1 atom stereocenters. The normalized spacial score (nSPS) is 18.5. The Bertz CT molecular complexity index is 764. The second-order valence-electron chi connectivity index (χ2n) is 7.95. The Morgan fingerprint density at radius 1 is 1.13 bits per heavy atom. The number of alkyl carbamates (subject to hydrolysis) is 1. The largest absolute Gasteiger partial charge is 0.477 e. The lowest BCUT2D eigenvalue weighted by atomic mass is 10.1. The molecule has 11 heteroatoms. The molecule has 2 bridgehead atoms. The smallest absolute Gasteiger partial charge is 0.408 e. The Hall–Kier alpha value is -3.11. The van der Waals surface area contributed by atoms with Crippen molar-refractivity contribution in [3.63, 3.8) is 0 Å². The second-order valence-corrected chi connectivity index (χ2v) is 7.95. The highest BCUT2D eigenvalue weighted by molar-refractivity contribution is 5.93. The third kappa shape index (κ3) is 7.72. The fourth-order valence-electron chi connectivity index (χ4n) is 2.77. The van der Waals surface area contributed by atoms with Crippen LogP contribution in [0.5, 0.6) is 0 Å². The van der Waals surface area contributed by atoms with E-state index >= 15 is 0 Å². The molecular weight excluding hydrogens is 392 g/mol. The molecule has 11 nitrogen and oxygen atoms in total. The average molecular weight is 422 g/mol. The van der Waals surface area contributed by atoms with Crippen LogP contribution < -0.4 is 21.3 Å². The van der Waals surface area contributed by atoms with Crippen LogP contribution in [-0.4, -0.2) is 64.3 Å². The van der Waals surface area contributed by atoms with Gasteiger partial charge in [-0.1, -0.05) is 0 Å². The molecule has 0 aliphatic carbocycles. The highest BCUT2D eigenvalue weighted by Gasteiger charge is 2.24. The van der Waals surface area contributed by atoms with Crippen molar-refractivity contribution < 1.29 is 24.2 Å². The molecule has 0 aromatic carbocycles. The van der Waals surface area contributed by atoms with E-state index in [0.717, 1.165) is 12.8 Å². The monoisotopic (exact) mass is 422 g/mol. The fourth-order valence-corrected chi connectivity index (χ4v) is 2.77. The first-order valence-electron chi connectivity index (χ1n) is 10.0. The van der Waals surface area contributed by atoms with E-state index in [-0.39, 0.29) is 17.3 Å². The number of nitrogens with one attached hydrogen (secondary N) is 4. The predicted molar refractivity (Wildman–Crippen MR) is 111 cm³/mol. The number of carboxylic acid groups (broad SMARTS) is 1. The Labute approximate surface area is 175 Å². The summed E-state index contributed by atoms with van der Waals surface area (Å²) in [4.78, 5) is 44.3. The molecular formula is C19H30N6O5. The van der Waals surface area contributed by atoms with Crippen molar-refractivity contribution in [3.05, 3.63) is 11.8 Å². The van der Waals surface area contributed by atoms with Crippen LogP contribution in [-0.2, 0) is 9.53 Å². The van der Waals surface area contributed by atoms with Crippen molar-refractivity contribution in [2.24, 2.45) is 0 Å². The van der Waals surface area contributed by atoms with Gasteiger partial charge >= 0.3 is 12.1 Å². The number of carbonyl (C=O) groups excluding carboxylic acids is 2. The van der Waals surface area contributed by atoms with Gasteiger partial charge in [0.2, 0.25) is 11.9 Å². The fraction of sp³-hybridized carbons (Fsp3) is 0.632. The van der Waals surface area contributed by atoms with Crippen LogP contribution in [0.1, 0.15) is 56.8 Å². The molecule has 30 heavy (non-hydrogen) atoms. The summed E-state index contributed by atoms with van der Waals surface area (Å²) in [5.41, 5.74) is -0.710. The third-order valence-electron chi connectivity index (χ3n) is 4.17. The number of hydrogen-bond donors (Lipinski definition) is 5. The maximum Gasteiger partial charge on any atom is 0.408 e. The number of ether oxygens (including phenoxy) is 1. The van der Waals surface area contributed by atoms with Gasteiger partial charge in [0, 0.05) is 25.8 Å². The number of carboxylic acids is 1. The van der Waals surface area contributed by atoms with Crippen molar-refractivity contribution in [1.29, 1.82) is 0 Å². The topological polar surface area (TPSA) is 155 Å². The van der Waals surface area contributed by atoms with Gasteiger partial charge in [0.15, 0.2) is 0 Å². The molecule has 0 spiro atoms. The zero-order valence-electron chi connectivity index (χ0n) is 17.6. The number of anilines is 2. The van der Waals surface area contributed by atoms with Crippen LogP contribution in [0.25, 0.3) is 0 Å². The molecule has 2 rings (SSSR count). The molecule has 0 unspecified atom stereocenters. The summed E-state index contributed by atoms with van der Waals surface area (Å²) < 4.78 is 5.25. The molecule has 1 aliphatic rings. The molecule has 0 radical (unpaired) electrons. The summed E-state index contributed by atoms with van der Waals surface area (Å²) in [6.07, 6.45) is 2.89. The number of rotatable bonds is 2. The lowest BCUT2D eigenvalue weighted by Gasteiger charge is -2.23. The van der Waals surface area contributed by atoms with Crippen LogP contribution in [0.3, 0.4) is 0 Å². The van der Waals surface area contributed by atoms with Gasteiger partial charge in [-0.05, 0) is 46.5 Å². The number of hydrogen-bond acceptors (Lipinski definition) is 8. The van der Waals surface area contributed by atoms with Crippen LogP contribution in [0.15, 0.2) is 6.20 Å². The number of aromatic carboxylic acids is 1. The van der Waals surface area contributed by atoms with E-state index in [2.05, 4.69) is 31.2 Å². The second kappa shape index (κ2) is 10.6. The van der Waals surface area contributed by atoms with Crippen LogP contribution >= 0.6 is 0 Å². The summed E-state index contributed by atoms with van der Waals surface area (Å²) in [6, 6.07) is -0.759. The van der Waals surface area contributed by atoms with Crippen molar-refractivity contribution in [2.45, 2.75) is 58.1 Å². The third-order valence-corrected chi connectivity index (χ3v) is 4.17. The van der Waals surface area contributed by atoms with Gasteiger partial charge in [0.25, 0.3) is 0 Å². The predicted octanol–water partition coefficient (Wildman–Crippen LogP) is 1.58. The summed E-state index contributed by atoms with van der Waals surface area (Å²) in [6.45, 7) is 6.64. The minimum Gasteiger partial charge on any atom is -0.477 e. The number of fused-ring (bicyclic) bond motifs is 2. The lowest BCUT2D eigenvalue weighted by Crippen LogP contribution is -2.48. The van der Waals surface area contributed by atoms with E-state index in [4.69, 9.17) is 4.74 Å². The van der Waals surface area contributed by atoms with E-state index in [0.29, 0.717) is 38.4 Å². The first kappa shape index (κ1) is 23.2. The number of nitrogens with zero attached hydrogens (tertiary/aromatic N) is 2. The highest BCUT2D eigenvalue weighted by Crippen LogP contribution is 2.15. The van der Waals surface area contributed by atoms with Crippen molar-refractivity contribution in [1.82, 2.24) is 20.6 Å². The molecule has 166 valence electrons. The lowest BCUT2D eigenvalue weighted by molar-refractivity contribution is -0.123. The zero-order valence-corrected chi connectivity index (χ0v) is 17.6. The Morgan fingerprint density at radius 2 is 1.80 bits per heavy atom. The molecule has 1 aromatic heterocycles. The summed E-state index contributed by atoms with van der Waals surface area (Å²) in [5.74, 6) is -0.872. The van der Waals surface area contributed by atoms with Crippen molar-refractivity contribution >= 4 is 29.7 Å². The maximum absolute atomic E-state index is 12.5. The van der Waals surface area contributed by atoms with Gasteiger partial charge in [0.1, 0.15) is 23.0 Å². The maximum atomic E-state index is 12.5. The summed E-state index contributed by atoms with van der Waals surface area (Å²) in [5, 5.41) is 20.8. The average Bonchev–Trinajstić information content (AvgIpc) is 2.64. The molecule has 2 heterocycles.